The summed E-state index contributed by atoms with van der Waals surface area (Å²) in [6.07, 6.45) is 3.19. The SMILES string of the molecule is O=C(O)c1ccc(Cl)c(N2C(=O)c3ccc4c5c3C(C=CC5C(=O)n3c-4nc4cc(C(=O)O)ccc43)C2=O)c1. The fraction of sp³-hybridized carbons (Fsp3) is 0.0714. The zero-order chi connectivity index (χ0) is 27.3. The maximum atomic E-state index is 13.7. The number of hydrogen-bond acceptors (Lipinski definition) is 6. The molecule has 0 saturated carbocycles. The number of carboxylic acid groups (broad SMARTS) is 2. The lowest BCUT2D eigenvalue weighted by Crippen LogP contribution is -2.46. The first-order valence-corrected chi connectivity index (χ1v) is 12.1. The highest BCUT2D eigenvalue weighted by atomic mass is 35.5. The van der Waals surface area contributed by atoms with Crippen LogP contribution in [0.3, 0.4) is 0 Å². The molecular formula is C28H14ClN3O7. The largest absolute Gasteiger partial charge is 0.478 e. The van der Waals surface area contributed by atoms with Crippen LogP contribution in [0, 0.1) is 0 Å². The normalized spacial score (nSPS) is 18.8. The predicted octanol–water partition coefficient (Wildman–Crippen LogP) is 4.33. The van der Waals surface area contributed by atoms with Crippen molar-refractivity contribution in [2.75, 3.05) is 4.90 Å². The molecule has 3 aromatic carbocycles. The van der Waals surface area contributed by atoms with Gasteiger partial charge in [0.2, 0.25) is 11.8 Å². The van der Waals surface area contributed by atoms with E-state index in [4.69, 9.17) is 11.6 Å². The second-order valence-electron chi connectivity index (χ2n) is 9.40. The van der Waals surface area contributed by atoms with E-state index in [0.29, 0.717) is 33.5 Å². The first-order valence-electron chi connectivity index (χ1n) is 11.7. The number of aromatic nitrogens is 2. The van der Waals surface area contributed by atoms with Crippen LogP contribution in [-0.4, -0.2) is 49.4 Å². The maximum absolute atomic E-state index is 13.7. The lowest BCUT2D eigenvalue weighted by Gasteiger charge is -2.38. The van der Waals surface area contributed by atoms with Gasteiger partial charge in [-0.3, -0.25) is 19.0 Å². The van der Waals surface area contributed by atoms with Crippen molar-refractivity contribution < 1.29 is 34.2 Å². The Bertz CT molecular complexity index is 1920. The van der Waals surface area contributed by atoms with Gasteiger partial charge in [-0.05, 0) is 53.6 Å². The molecule has 39 heavy (non-hydrogen) atoms. The van der Waals surface area contributed by atoms with Crippen LogP contribution in [0.15, 0.2) is 60.7 Å². The zero-order valence-corrected chi connectivity index (χ0v) is 20.3. The van der Waals surface area contributed by atoms with E-state index in [1.165, 1.54) is 41.0 Å². The molecule has 0 spiro atoms. The number of carbonyl (C=O) groups is 5. The Labute approximate surface area is 223 Å². The fourth-order valence-electron chi connectivity index (χ4n) is 5.68. The van der Waals surface area contributed by atoms with Crippen molar-refractivity contribution in [2.45, 2.75) is 11.8 Å². The number of nitrogens with zero attached hydrogens (tertiary/aromatic N) is 3. The molecule has 2 atom stereocenters. The molecule has 0 radical (unpaired) electrons. The van der Waals surface area contributed by atoms with E-state index in [1.54, 1.807) is 24.3 Å². The standard InChI is InChI=1S/C28H14ClN3O7/c29-17-7-1-12(28(38)39)10-20(17)32-25(34)15-4-3-13-21-14(5-6-16(22(15)21)26(32)35)24(33)31-19-8-2-11(27(36)37)9-18(19)30-23(13)31/h1-10,14,16H,(H,36,37)(H,38,39). The number of imide groups is 1. The van der Waals surface area contributed by atoms with E-state index >= 15 is 0 Å². The van der Waals surface area contributed by atoms with Crippen molar-refractivity contribution >= 4 is 58.0 Å². The number of anilines is 1. The van der Waals surface area contributed by atoms with Gasteiger partial charge in [-0.25, -0.2) is 19.5 Å². The van der Waals surface area contributed by atoms with Crippen LogP contribution in [0.4, 0.5) is 5.69 Å². The van der Waals surface area contributed by atoms with Crippen molar-refractivity contribution in [2.24, 2.45) is 0 Å². The van der Waals surface area contributed by atoms with Crippen LogP contribution >= 0.6 is 11.6 Å². The first-order chi connectivity index (χ1) is 18.7. The third kappa shape index (κ3) is 2.97. The molecule has 2 aliphatic heterocycles. The molecule has 3 aliphatic rings. The highest BCUT2D eigenvalue weighted by Crippen LogP contribution is 2.49. The van der Waals surface area contributed by atoms with Gasteiger partial charge in [0, 0.05) is 11.1 Å². The predicted molar refractivity (Wildman–Crippen MR) is 138 cm³/mol. The van der Waals surface area contributed by atoms with Crippen molar-refractivity contribution in [1.29, 1.82) is 0 Å². The summed E-state index contributed by atoms with van der Waals surface area (Å²) in [6, 6.07) is 11.3. The van der Waals surface area contributed by atoms with Gasteiger partial charge in [-0.1, -0.05) is 29.8 Å². The van der Waals surface area contributed by atoms with Crippen molar-refractivity contribution in [3.63, 3.8) is 0 Å². The number of allylic oxidation sites excluding steroid dienone is 1. The smallest absolute Gasteiger partial charge is 0.335 e. The van der Waals surface area contributed by atoms with E-state index in [9.17, 15) is 34.2 Å². The Kier molecular flexibility index (Phi) is 4.56. The summed E-state index contributed by atoms with van der Waals surface area (Å²) in [5.74, 6) is -5.44. The Morgan fingerprint density at radius 1 is 0.795 bits per heavy atom. The Hall–Kier alpha value is -5.09. The van der Waals surface area contributed by atoms with Crippen LogP contribution < -0.4 is 4.90 Å². The molecule has 0 bridgehead atoms. The van der Waals surface area contributed by atoms with Crippen molar-refractivity contribution in [1.82, 2.24) is 9.55 Å². The third-order valence-corrected chi connectivity index (χ3v) is 7.71. The van der Waals surface area contributed by atoms with Gasteiger partial charge in [0.25, 0.3) is 5.91 Å². The molecule has 4 aromatic rings. The van der Waals surface area contributed by atoms with E-state index in [2.05, 4.69) is 4.98 Å². The minimum absolute atomic E-state index is 0.0267. The summed E-state index contributed by atoms with van der Waals surface area (Å²) in [6.45, 7) is 0. The number of amides is 2. The van der Waals surface area contributed by atoms with E-state index in [0.717, 1.165) is 4.90 Å². The molecule has 1 aromatic heterocycles. The lowest BCUT2D eigenvalue weighted by atomic mass is 9.73. The van der Waals surface area contributed by atoms with Gasteiger partial charge < -0.3 is 10.2 Å². The summed E-state index contributed by atoms with van der Waals surface area (Å²) in [7, 11) is 0. The monoisotopic (exact) mass is 539 g/mol. The lowest BCUT2D eigenvalue weighted by molar-refractivity contribution is -0.118. The average molecular weight is 540 g/mol. The number of fused-ring (bicyclic) bond motifs is 4. The molecule has 7 rings (SSSR count). The Morgan fingerprint density at radius 2 is 1.41 bits per heavy atom. The van der Waals surface area contributed by atoms with E-state index in [1.807, 2.05) is 0 Å². The summed E-state index contributed by atoms with van der Waals surface area (Å²) < 4.78 is 1.43. The summed E-state index contributed by atoms with van der Waals surface area (Å²) in [4.78, 5) is 69.6. The molecule has 11 heteroatoms. The van der Waals surface area contributed by atoms with Gasteiger partial charge in [0.1, 0.15) is 5.82 Å². The molecule has 0 fully saturated rings. The quantitative estimate of drug-likeness (QED) is 0.289. The Morgan fingerprint density at radius 3 is 2.13 bits per heavy atom. The number of rotatable bonds is 3. The Balaban J connectivity index is 1.44. The van der Waals surface area contributed by atoms with E-state index in [-0.39, 0.29) is 33.3 Å². The van der Waals surface area contributed by atoms with Crippen LogP contribution in [0.5, 0.6) is 0 Å². The molecule has 1 aliphatic carbocycles. The molecule has 190 valence electrons. The van der Waals surface area contributed by atoms with Gasteiger partial charge in [0.05, 0.1) is 44.7 Å². The van der Waals surface area contributed by atoms with E-state index < -0.39 is 35.6 Å². The van der Waals surface area contributed by atoms with Gasteiger partial charge in [-0.2, -0.15) is 0 Å². The third-order valence-electron chi connectivity index (χ3n) is 7.39. The average Bonchev–Trinajstić information content (AvgIpc) is 3.30. The van der Waals surface area contributed by atoms with Crippen LogP contribution in [-0.2, 0) is 4.79 Å². The molecule has 0 saturated heterocycles. The van der Waals surface area contributed by atoms with Crippen LogP contribution in [0.1, 0.15) is 58.8 Å². The van der Waals surface area contributed by atoms with Crippen molar-refractivity contribution in [3.05, 3.63) is 93.5 Å². The number of hydrogen-bond donors (Lipinski definition) is 2. The van der Waals surface area contributed by atoms with Crippen LogP contribution in [0.25, 0.3) is 22.4 Å². The number of carboxylic acids is 2. The minimum Gasteiger partial charge on any atom is -0.478 e. The second kappa shape index (κ2) is 7.71. The summed E-state index contributed by atoms with van der Waals surface area (Å²) in [5.41, 5.74) is 2.26. The topological polar surface area (TPSA) is 147 Å². The van der Waals surface area contributed by atoms with Gasteiger partial charge in [-0.15, -0.1) is 0 Å². The fourth-order valence-corrected chi connectivity index (χ4v) is 5.88. The molecule has 3 heterocycles. The number of benzene rings is 3. The zero-order valence-electron chi connectivity index (χ0n) is 19.6. The number of imidazole rings is 1. The summed E-state index contributed by atoms with van der Waals surface area (Å²) >= 11 is 6.30. The highest BCUT2D eigenvalue weighted by molar-refractivity contribution is 6.37. The second-order valence-corrected chi connectivity index (χ2v) is 9.80. The highest BCUT2D eigenvalue weighted by Gasteiger charge is 2.47. The molecular weight excluding hydrogens is 526 g/mol. The number of aromatic carboxylic acids is 2. The van der Waals surface area contributed by atoms with Gasteiger partial charge in [0.15, 0.2) is 0 Å². The molecule has 2 unspecified atom stereocenters. The maximum Gasteiger partial charge on any atom is 0.335 e. The molecule has 2 amide bonds. The molecule has 2 N–H and O–H groups in total. The minimum atomic E-state index is -1.24. The first kappa shape index (κ1) is 23.1. The number of carbonyl (C=O) groups excluding carboxylic acids is 3. The molecule has 10 nitrogen and oxygen atoms in total. The number of halogens is 1. The van der Waals surface area contributed by atoms with Gasteiger partial charge >= 0.3 is 11.9 Å². The van der Waals surface area contributed by atoms with Crippen molar-refractivity contribution in [3.8, 4) is 11.4 Å². The summed E-state index contributed by atoms with van der Waals surface area (Å²) in [5, 5.41) is 18.8. The van der Waals surface area contributed by atoms with Crippen LogP contribution in [0.2, 0.25) is 5.02 Å².